The van der Waals surface area contributed by atoms with Crippen molar-refractivity contribution in [1.82, 2.24) is 15.1 Å². The lowest BCUT2D eigenvalue weighted by atomic mass is 10.0. The SMILES string of the molecule is CC(=O)N1CCC[C@H]1C(=O)N[C@@H](Cc1ccccc1)C(=O)N(C)C. The van der Waals surface area contributed by atoms with Crippen LogP contribution in [0.1, 0.15) is 25.3 Å². The van der Waals surface area contributed by atoms with Gasteiger partial charge in [0.2, 0.25) is 17.7 Å². The van der Waals surface area contributed by atoms with Crippen LogP contribution in [0.4, 0.5) is 0 Å². The molecule has 0 unspecified atom stereocenters. The van der Waals surface area contributed by atoms with Crippen LogP contribution in [0.2, 0.25) is 0 Å². The van der Waals surface area contributed by atoms with Gasteiger partial charge in [0, 0.05) is 34.0 Å². The highest BCUT2D eigenvalue weighted by Crippen LogP contribution is 2.18. The Kier molecular flexibility index (Phi) is 5.95. The Balaban J connectivity index is 2.11. The highest BCUT2D eigenvalue weighted by molar-refractivity contribution is 5.92. The van der Waals surface area contributed by atoms with Gasteiger partial charge in [-0.2, -0.15) is 0 Å². The van der Waals surface area contributed by atoms with E-state index in [0.29, 0.717) is 19.4 Å². The van der Waals surface area contributed by atoms with Crippen molar-refractivity contribution < 1.29 is 14.4 Å². The summed E-state index contributed by atoms with van der Waals surface area (Å²) >= 11 is 0. The molecular formula is C18H25N3O3. The lowest BCUT2D eigenvalue weighted by Gasteiger charge is -2.26. The third-order valence-electron chi connectivity index (χ3n) is 4.30. The molecule has 2 rings (SSSR count). The minimum Gasteiger partial charge on any atom is -0.347 e. The van der Waals surface area contributed by atoms with Crippen LogP contribution >= 0.6 is 0 Å². The summed E-state index contributed by atoms with van der Waals surface area (Å²) in [5, 5.41) is 2.85. The van der Waals surface area contributed by atoms with E-state index in [1.807, 2.05) is 30.3 Å². The number of carbonyl (C=O) groups is 3. The first-order chi connectivity index (χ1) is 11.4. The number of nitrogens with one attached hydrogen (secondary N) is 1. The summed E-state index contributed by atoms with van der Waals surface area (Å²) in [6.45, 7) is 2.07. The van der Waals surface area contributed by atoms with Gasteiger partial charge in [0.15, 0.2) is 0 Å². The minimum absolute atomic E-state index is 0.105. The van der Waals surface area contributed by atoms with Gasteiger partial charge in [-0.05, 0) is 18.4 Å². The maximum absolute atomic E-state index is 12.6. The lowest BCUT2D eigenvalue weighted by Crippen LogP contribution is -2.53. The number of carbonyl (C=O) groups excluding carboxylic acids is 3. The van der Waals surface area contributed by atoms with Crippen LogP contribution in [0.15, 0.2) is 30.3 Å². The fourth-order valence-electron chi connectivity index (χ4n) is 3.05. The zero-order chi connectivity index (χ0) is 17.7. The van der Waals surface area contributed by atoms with Crippen LogP contribution in [-0.4, -0.2) is 60.2 Å². The van der Waals surface area contributed by atoms with Crippen LogP contribution < -0.4 is 5.32 Å². The zero-order valence-corrected chi connectivity index (χ0v) is 14.5. The molecule has 1 aliphatic rings. The van der Waals surface area contributed by atoms with Gasteiger partial charge in [-0.25, -0.2) is 0 Å². The van der Waals surface area contributed by atoms with Crippen LogP contribution in [0.25, 0.3) is 0 Å². The Labute approximate surface area is 142 Å². The highest BCUT2D eigenvalue weighted by atomic mass is 16.2. The Bertz CT molecular complexity index is 601. The molecule has 1 aliphatic heterocycles. The number of likely N-dealkylation sites (tertiary alicyclic amines) is 1. The number of hydrogen-bond donors (Lipinski definition) is 1. The van der Waals surface area contributed by atoms with Crippen LogP contribution in [-0.2, 0) is 20.8 Å². The lowest BCUT2D eigenvalue weighted by molar-refractivity contribution is -0.139. The van der Waals surface area contributed by atoms with Crippen LogP contribution in [0.3, 0.4) is 0 Å². The normalized spacial score (nSPS) is 18.1. The van der Waals surface area contributed by atoms with Gasteiger partial charge in [-0.1, -0.05) is 30.3 Å². The van der Waals surface area contributed by atoms with E-state index in [9.17, 15) is 14.4 Å². The number of likely N-dealkylation sites (N-methyl/N-ethyl adjacent to an activating group) is 1. The molecule has 0 bridgehead atoms. The molecule has 24 heavy (non-hydrogen) atoms. The Morgan fingerprint density at radius 1 is 1.25 bits per heavy atom. The first-order valence-corrected chi connectivity index (χ1v) is 8.23. The van der Waals surface area contributed by atoms with E-state index in [0.717, 1.165) is 12.0 Å². The van der Waals surface area contributed by atoms with Gasteiger partial charge in [-0.15, -0.1) is 0 Å². The molecule has 130 valence electrons. The quantitative estimate of drug-likeness (QED) is 0.868. The summed E-state index contributed by atoms with van der Waals surface area (Å²) in [6.07, 6.45) is 1.87. The summed E-state index contributed by atoms with van der Waals surface area (Å²) in [7, 11) is 3.34. The van der Waals surface area contributed by atoms with E-state index in [-0.39, 0.29) is 17.7 Å². The summed E-state index contributed by atoms with van der Waals surface area (Å²) in [6, 6.07) is 8.47. The van der Waals surface area contributed by atoms with Crippen molar-refractivity contribution in [1.29, 1.82) is 0 Å². The monoisotopic (exact) mass is 331 g/mol. The maximum Gasteiger partial charge on any atom is 0.244 e. The van der Waals surface area contributed by atoms with Crippen molar-refractivity contribution in [3.8, 4) is 0 Å². The zero-order valence-electron chi connectivity index (χ0n) is 14.5. The topological polar surface area (TPSA) is 69.7 Å². The number of benzene rings is 1. The first-order valence-electron chi connectivity index (χ1n) is 8.23. The van der Waals surface area contributed by atoms with Gasteiger partial charge in [-0.3, -0.25) is 14.4 Å². The van der Waals surface area contributed by atoms with E-state index < -0.39 is 12.1 Å². The highest BCUT2D eigenvalue weighted by Gasteiger charge is 2.34. The molecule has 1 saturated heterocycles. The largest absolute Gasteiger partial charge is 0.347 e. The predicted molar refractivity (Wildman–Crippen MR) is 91.2 cm³/mol. The van der Waals surface area contributed by atoms with Gasteiger partial charge >= 0.3 is 0 Å². The van der Waals surface area contributed by atoms with E-state index in [1.54, 1.807) is 19.0 Å². The smallest absolute Gasteiger partial charge is 0.244 e. The molecule has 1 aromatic rings. The van der Waals surface area contributed by atoms with E-state index in [2.05, 4.69) is 5.32 Å². The first kappa shape index (κ1) is 18.0. The van der Waals surface area contributed by atoms with Gasteiger partial charge in [0.25, 0.3) is 0 Å². The summed E-state index contributed by atoms with van der Waals surface area (Å²) < 4.78 is 0. The second kappa shape index (κ2) is 7.95. The second-order valence-electron chi connectivity index (χ2n) is 6.35. The molecule has 0 aliphatic carbocycles. The minimum atomic E-state index is -0.635. The Hall–Kier alpha value is -2.37. The fourth-order valence-corrected chi connectivity index (χ4v) is 3.05. The molecule has 0 saturated carbocycles. The second-order valence-corrected chi connectivity index (χ2v) is 6.35. The van der Waals surface area contributed by atoms with Crippen molar-refractivity contribution in [3.05, 3.63) is 35.9 Å². The van der Waals surface area contributed by atoms with Crippen molar-refractivity contribution in [2.24, 2.45) is 0 Å². The average Bonchev–Trinajstić information content (AvgIpc) is 3.04. The molecule has 0 radical (unpaired) electrons. The van der Waals surface area contributed by atoms with Gasteiger partial charge < -0.3 is 15.1 Å². The molecule has 3 amide bonds. The summed E-state index contributed by atoms with van der Waals surface area (Å²) in [5.41, 5.74) is 0.979. The molecule has 1 N–H and O–H groups in total. The molecule has 1 fully saturated rings. The standard InChI is InChI=1S/C18H25N3O3/c1-13(22)21-11-7-10-16(21)17(23)19-15(18(24)20(2)3)12-14-8-5-4-6-9-14/h4-6,8-9,15-16H,7,10-12H2,1-3H3,(H,19,23)/t15-,16-/m0/s1. The molecule has 2 atom stereocenters. The molecule has 0 aromatic heterocycles. The van der Waals surface area contributed by atoms with Crippen molar-refractivity contribution in [2.75, 3.05) is 20.6 Å². The summed E-state index contributed by atoms with van der Waals surface area (Å²) in [5.74, 6) is -0.510. The summed E-state index contributed by atoms with van der Waals surface area (Å²) in [4.78, 5) is 39.8. The number of amides is 3. The van der Waals surface area contributed by atoms with Gasteiger partial charge in [0.1, 0.15) is 12.1 Å². The van der Waals surface area contributed by atoms with Crippen LogP contribution in [0, 0.1) is 0 Å². The Morgan fingerprint density at radius 2 is 1.92 bits per heavy atom. The number of hydrogen-bond acceptors (Lipinski definition) is 3. The molecule has 1 heterocycles. The number of nitrogens with zero attached hydrogens (tertiary/aromatic N) is 2. The van der Waals surface area contributed by atoms with Crippen LogP contribution in [0.5, 0.6) is 0 Å². The molecule has 0 spiro atoms. The predicted octanol–water partition coefficient (Wildman–Crippen LogP) is 0.813. The van der Waals surface area contributed by atoms with E-state index in [4.69, 9.17) is 0 Å². The molecule has 6 nitrogen and oxygen atoms in total. The van der Waals surface area contributed by atoms with Crippen molar-refractivity contribution in [2.45, 2.75) is 38.3 Å². The van der Waals surface area contributed by atoms with Crippen molar-refractivity contribution >= 4 is 17.7 Å². The third-order valence-corrected chi connectivity index (χ3v) is 4.30. The van der Waals surface area contributed by atoms with E-state index >= 15 is 0 Å². The van der Waals surface area contributed by atoms with Crippen molar-refractivity contribution in [3.63, 3.8) is 0 Å². The fraction of sp³-hybridized carbons (Fsp3) is 0.500. The Morgan fingerprint density at radius 3 is 2.50 bits per heavy atom. The maximum atomic E-state index is 12.6. The third kappa shape index (κ3) is 4.34. The molecule has 6 heteroatoms. The van der Waals surface area contributed by atoms with Gasteiger partial charge in [0.05, 0.1) is 0 Å². The molecule has 1 aromatic carbocycles. The number of rotatable bonds is 5. The molecular weight excluding hydrogens is 306 g/mol. The van der Waals surface area contributed by atoms with E-state index in [1.165, 1.54) is 11.8 Å². The average molecular weight is 331 g/mol.